The lowest BCUT2D eigenvalue weighted by atomic mass is 10.2. The van der Waals surface area contributed by atoms with Gasteiger partial charge in [0.05, 0.1) is 30.6 Å². The minimum absolute atomic E-state index is 0.0336. The number of carbonyl (C=O) groups is 1. The Labute approximate surface area is 182 Å². The second-order valence-corrected chi connectivity index (χ2v) is 6.74. The molecular formula is C21H19ClFN3O5. The maximum absolute atomic E-state index is 13.1. The van der Waals surface area contributed by atoms with Crippen molar-refractivity contribution in [2.24, 2.45) is 0 Å². The molecule has 0 fully saturated rings. The van der Waals surface area contributed by atoms with Gasteiger partial charge in [0.25, 0.3) is 11.5 Å². The molecule has 0 aliphatic carbocycles. The summed E-state index contributed by atoms with van der Waals surface area (Å²) >= 11 is 6.12. The van der Waals surface area contributed by atoms with Crippen molar-refractivity contribution in [3.8, 4) is 23.1 Å². The Morgan fingerprint density at radius 1 is 1.10 bits per heavy atom. The quantitative estimate of drug-likeness (QED) is 0.596. The summed E-state index contributed by atoms with van der Waals surface area (Å²) in [5.41, 5.74) is 0.248. The lowest BCUT2D eigenvalue weighted by molar-refractivity contribution is -0.122. The third-order valence-electron chi connectivity index (χ3n) is 4.25. The molecule has 0 radical (unpaired) electrons. The molecule has 0 saturated carbocycles. The van der Waals surface area contributed by atoms with Gasteiger partial charge in [0.1, 0.15) is 17.3 Å². The SMILES string of the molecule is COc1cc(OC)c(NC(=O)C(C)Oc2ccc(=O)n(-c3ccc(F)cc3)n2)cc1Cl. The Bertz CT molecular complexity index is 1150. The van der Waals surface area contributed by atoms with Crippen LogP contribution in [-0.2, 0) is 4.79 Å². The van der Waals surface area contributed by atoms with Crippen LogP contribution in [0.15, 0.2) is 53.3 Å². The molecular weight excluding hydrogens is 429 g/mol. The van der Waals surface area contributed by atoms with E-state index in [4.69, 9.17) is 25.8 Å². The molecule has 1 unspecified atom stereocenters. The molecule has 3 rings (SSSR count). The van der Waals surface area contributed by atoms with Crippen LogP contribution >= 0.6 is 11.6 Å². The summed E-state index contributed by atoms with van der Waals surface area (Å²) < 4.78 is 30.2. The van der Waals surface area contributed by atoms with Crippen molar-refractivity contribution >= 4 is 23.2 Å². The highest BCUT2D eigenvalue weighted by Gasteiger charge is 2.19. The van der Waals surface area contributed by atoms with E-state index in [0.717, 1.165) is 4.68 Å². The summed E-state index contributed by atoms with van der Waals surface area (Å²) in [6.07, 6.45) is -0.975. The topological polar surface area (TPSA) is 91.7 Å². The van der Waals surface area contributed by atoms with Crippen LogP contribution in [0.25, 0.3) is 5.69 Å². The van der Waals surface area contributed by atoms with Crippen LogP contribution in [0.4, 0.5) is 10.1 Å². The normalized spacial score (nSPS) is 11.5. The maximum Gasteiger partial charge on any atom is 0.271 e. The molecule has 8 nitrogen and oxygen atoms in total. The standard InChI is InChI=1S/C21H19ClFN3O5/c1-12(21(28)24-16-10-15(22)17(29-2)11-18(16)30-3)31-19-8-9-20(27)26(25-19)14-6-4-13(23)5-7-14/h4-12H,1-3H3,(H,24,28). The van der Waals surface area contributed by atoms with Crippen molar-refractivity contribution < 1.29 is 23.4 Å². The molecule has 1 aromatic heterocycles. The number of anilines is 1. The number of benzene rings is 2. The van der Waals surface area contributed by atoms with E-state index in [9.17, 15) is 14.0 Å². The number of hydrogen-bond acceptors (Lipinski definition) is 6. The first-order chi connectivity index (χ1) is 14.8. The average Bonchev–Trinajstić information content (AvgIpc) is 2.76. The molecule has 31 heavy (non-hydrogen) atoms. The summed E-state index contributed by atoms with van der Waals surface area (Å²) in [6, 6.07) is 10.9. The van der Waals surface area contributed by atoms with Gasteiger partial charge in [-0.25, -0.2) is 4.39 Å². The van der Waals surface area contributed by atoms with Crippen LogP contribution in [0.2, 0.25) is 5.02 Å². The molecule has 1 atom stereocenters. The summed E-state index contributed by atoms with van der Waals surface area (Å²) in [5, 5.41) is 7.05. The molecule has 1 amide bonds. The lowest BCUT2D eigenvalue weighted by Gasteiger charge is -2.17. The molecule has 0 spiro atoms. The zero-order valence-electron chi connectivity index (χ0n) is 16.9. The first kappa shape index (κ1) is 22.1. The van der Waals surface area contributed by atoms with Crippen LogP contribution in [0.1, 0.15) is 6.92 Å². The van der Waals surface area contributed by atoms with Gasteiger partial charge in [0.2, 0.25) is 5.88 Å². The predicted molar refractivity (Wildman–Crippen MR) is 113 cm³/mol. The molecule has 162 valence electrons. The monoisotopic (exact) mass is 447 g/mol. The number of methoxy groups -OCH3 is 2. The van der Waals surface area contributed by atoms with Gasteiger partial charge in [-0.15, -0.1) is 5.10 Å². The predicted octanol–water partition coefficient (Wildman–Crippen LogP) is 3.45. The molecule has 0 saturated heterocycles. The summed E-state index contributed by atoms with van der Waals surface area (Å²) in [5.74, 6) is -0.159. The maximum atomic E-state index is 13.1. The summed E-state index contributed by atoms with van der Waals surface area (Å²) in [7, 11) is 2.91. The smallest absolute Gasteiger partial charge is 0.271 e. The van der Waals surface area contributed by atoms with Gasteiger partial charge in [0.15, 0.2) is 6.10 Å². The van der Waals surface area contributed by atoms with E-state index < -0.39 is 23.4 Å². The molecule has 0 bridgehead atoms. The summed E-state index contributed by atoms with van der Waals surface area (Å²) in [4.78, 5) is 24.7. The van der Waals surface area contributed by atoms with Crippen LogP contribution < -0.4 is 25.1 Å². The van der Waals surface area contributed by atoms with Crippen molar-refractivity contribution in [3.05, 3.63) is 69.7 Å². The van der Waals surface area contributed by atoms with Crippen molar-refractivity contribution in [3.63, 3.8) is 0 Å². The minimum atomic E-state index is -0.975. The zero-order chi connectivity index (χ0) is 22.5. The molecule has 1 N–H and O–H groups in total. The van der Waals surface area contributed by atoms with Gasteiger partial charge in [-0.2, -0.15) is 4.68 Å². The fraction of sp³-hybridized carbons (Fsp3) is 0.190. The van der Waals surface area contributed by atoms with Crippen LogP contribution in [0.3, 0.4) is 0 Å². The minimum Gasteiger partial charge on any atom is -0.495 e. The Hall–Kier alpha value is -3.59. The van der Waals surface area contributed by atoms with Crippen LogP contribution in [0.5, 0.6) is 17.4 Å². The molecule has 1 heterocycles. The molecule has 10 heteroatoms. The highest BCUT2D eigenvalue weighted by Crippen LogP contribution is 2.36. The van der Waals surface area contributed by atoms with Gasteiger partial charge in [-0.05, 0) is 37.3 Å². The first-order valence-electron chi connectivity index (χ1n) is 9.07. The van der Waals surface area contributed by atoms with E-state index in [0.29, 0.717) is 27.9 Å². The van der Waals surface area contributed by atoms with E-state index in [1.54, 1.807) is 6.07 Å². The Morgan fingerprint density at radius 3 is 2.42 bits per heavy atom. The number of nitrogens with one attached hydrogen (secondary N) is 1. The van der Waals surface area contributed by atoms with Gasteiger partial charge in [-0.3, -0.25) is 9.59 Å². The Morgan fingerprint density at radius 2 is 1.77 bits per heavy atom. The van der Waals surface area contributed by atoms with Gasteiger partial charge < -0.3 is 19.5 Å². The Balaban J connectivity index is 1.77. The van der Waals surface area contributed by atoms with E-state index in [2.05, 4.69) is 10.4 Å². The van der Waals surface area contributed by atoms with E-state index in [1.807, 2.05) is 0 Å². The molecule has 0 aliphatic heterocycles. The lowest BCUT2D eigenvalue weighted by Crippen LogP contribution is -2.31. The fourth-order valence-electron chi connectivity index (χ4n) is 2.65. The van der Waals surface area contributed by atoms with Gasteiger partial charge in [0, 0.05) is 18.2 Å². The van der Waals surface area contributed by atoms with Crippen LogP contribution in [0, 0.1) is 5.82 Å². The highest BCUT2D eigenvalue weighted by atomic mass is 35.5. The van der Waals surface area contributed by atoms with Crippen molar-refractivity contribution in [2.45, 2.75) is 13.0 Å². The Kier molecular flexibility index (Phi) is 6.76. The third-order valence-corrected chi connectivity index (χ3v) is 4.54. The number of aromatic nitrogens is 2. The number of halogens is 2. The molecule has 0 aliphatic rings. The largest absolute Gasteiger partial charge is 0.495 e. The molecule has 2 aromatic carbocycles. The second kappa shape index (κ2) is 9.48. The van der Waals surface area contributed by atoms with E-state index >= 15 is 0 Å². The van der Waals surface area contributed by atoms with Gasteiger partial charge in [-0.1, -0.05) is 11.6 Å². The number of amides is 1. The van der Waals surface area contributed by atoms with E-state index in [1.165, 1.54) is 63.6 Å². The van der Waals surface area contributed by atoms with Crippen molar-refractivity contribution in [2.75, 3.05) is 19.5 Å². The number of hydrogen-bond donors (Lipinski definition) is 1. The number of rotatable bonds is 7. The first-order valence-corrected chi connectivity index (χ1v) is 9.45. The number of nitrogens with zero attached hydrogens (tertiary/aromatic N) is 2. The number of ether oxygens (including phenoxy) is 3. The van der Waals surface area contributed by atoms with Crippen LogP contribution in [-0.4, -0.2) is 36.0 Å². The third kappa shape index (κ3) is 5.13. The second-order valence-electron chi connectivity index (χ2n) is 6.33. The molecule has 3 aromatic rings. The number of carbonyl (C=O) groups excluding carboxylic acids is 1. The zero-order valence-corrected chi connectivity index (χ0v) is 17.6. The fourth-order valence-corrected chi connectivity index (χ4v) is 2.89. The van der Waals surface area contributed by atoms with Crippen molar-refractivity contribution in [1.29, 1.82) is 0 Å². The van der Waals surface area contributed by atoms with E-state index in [-0.39, 0.29) is 5.88 Å². The highest BCUT2D eigenvalue weighted by molar-refractivity contribution is 6.32. The van der Waals surface area contributed by atoms with Crippen molar-refractivity contribution in [1.82, 2.24) is 9.78 Å². The van der Waals surface area contributed by atoms with Gasteiger partial charge >= 0.3 is 0 Å². The summed E-state index contributed by atoms with van der Waals surface area (Å²) in [6.45, 7) is 1.52. The average molecular weight is 448 g/mol.